The maximum atomic E-state index is 5.31. The van der Waals surface area contributed by atoms with Gasteiger partial charge in [0.1, 0.15) is 0 Å². The summed E-state index contributed by atoms with van der Waals surface area (Å²) in [5, 5.41) is 0. The van der Waals surface area contributed by atoms with E-state index in [1.807, 2.05) is 0 Å². The maximum Gasteiger partial charge on any atom is 0.438 e. The standard InChI is InChI=1S/C6H13BO2/c1-5-4-6(2,3)9-7-8-5/h5,7H,4H2,1-3H3. The minimum absolute atomic E-state index is 0.0255. The Kier molecular flexibility index (Phi) is 1.82. The van der Waals surface area contributed by atoms with Crippen LogP contribution in [0.3, 0.4) is 0 Å². The second-order valence-electron chi connectivity index (χ2n) is 3.20. The summed E-state index contributed by atoms with van der Waals surface area (Å²) in [5.41, 5.74) is 0.0255. The van der Waals surface area contributed by atoms with Crippen LogP contribution in [0.4, 0.5) is 0 Å². The van der Waals surface area contributed by atoms with Crippen molar-refractivity contribution in [3.63, 3.8) is 0 Å². The molecule has 0 aromatic rings. The van der Waals surface area contributed by atoms with Gasteiger partial charge in [0, 0.05) is 6.10 Å². The van der Waals surface area contributed by atoms with Gasteiger partial charge in [-0.1, -0.05) is 0 Å². The largest absolute Gasteiger partial charge is 0.438 e. The van der Waals surface area contributed by atoms with Crippen LogP contribution in [0.1, 0.15) is 27.2 Å². The summed E-state index contributed by atoms with van der Waals surface area (Å²) >= 11 is 0. The third-order valence-electron chi connectivity index (χ3n) is 1.58. The zero-order valence-electron chi connectivity index (χ0n) is 6.31. The normalized spacial score (nSPS) is 33.4. The Morgan fingerprint density at radius 2 is 2.22 bits per heavy atom. The van der Waals surface area contributed by atoms with E-state index in [2.05, 4.69) is 20.8 Å². The topological polar surface area (TPSA) is 18.5 Å². The Morgan fingerprint density at radius 3 is 2.56 bits per heavy atom. The van der Waals surface area contributed by atoms with Crippen molar-refractivity contribution >= 4 is 7.69 Å². The van der Waals surface area contributed by atoms with Crippen molar-refractivity contribution in [1.29, 1.82) is 0 Å². The molecule has 52 valence electrons. The third kappa shape index (κ3) is 1.99. The zero-order valence-corrected chi connectivity index (χ0v) is 6.31. The smallest absolute Gasteiger partial charge is 0.411 e. The molecule has 0 aliphatic carbocycles. The second kappa shape index (κ2) is 2.31. The van der Waals surface area contributed by atoms with Gasteiger partial charge in [-0.3, -0.25) is 0 Å². The van der Waals surface area contributed by atoms with Crippen LogP contribution in [-0.2, 0) is 9.31 Å². The number of hydrogen-bond acceptors (Lipinski definition) is 2. The summed E-state index contributed by atoms with van der Waals surface area (Å²) in [7, 11) is 0.453. The molecule has 9 heavy (non-hydrogen) atoms. The minimum atomic E-state index is 0.0255. The molecule has 0 radical (unpaired) electrons. The van der Waals surface area contributed by atoms with Gasteiger partial charge < -0.3 is 9.31 Å². The summed E-state index contributed by atoms with van der Waals surface area (Å²) in [4.78, 5) is 0. The van der Waals surface area contributed by atoms with Gasteiger partial charge in [0.15, 0.2) is 0 Å². The van der Waals surface area contributed by atoms with Gasteiger partial charge >= 0.3 is 7.69 Å². The van der Waals surface area contributed by atoms with Crippen molar-refractivity contribution in [2.45, 2.75) is 38.9 Å². The lowest BCUT2D eigenvalue weighted by Gasteiger charge is -2.33. The lowest BCUT2D eigenvalue weighted by Crippen LogP contribution is -2.38. The SMILES string of the molecule is CC1CC(C)(C)OBO1. The molecule has 3 heteroatoms. The molecule has 0 N–H and O–H groups in total. The molecule has 1 heterocycles. The van der Waals surface area contributed by atoms with Crippen LogP contribution >= 0.6 is 0 Å². The minimum Gasteiger partial charge on any atom is -0.411 e. The Labute approximate surface area is 56.8 Å². The molecular formula is C6H13BO2. The number of hydrogen-bond donors (Lipinski definition) is 0. The van der Waals surface area contributed by atoms with Crippen LogP contribution in [0.5, 0.6) is 0 Å². The molecule has 1 aliphatic rings. The summed E-state index contributed by atoms with van der Waals surface area (Å²) in [5.74, 6) is 0. The summed E-state index contributed by atoms with van der Waals surface area (Å²) in [6.07, 6.45) is 1.35. The zero-order chi connectivity index (χ0) is 6.91. The first-order valence-corrected chi connectivity index (χ1v) is 3.36. The lowest BCUT2D eigenvalue weighted by molar-refractivity contribution is -0.0142. The molecule has 1 fully saturated rings. The van der Waals surface area contributed by atoms with E-state index in [9.17, 15) is 0 Å². The van der Waals surface area contributed by atoms with Crippen LogP contribution < -0.4 is 0 Å². The summed E-state index contributed by atoms with van der Waals surface area (Å²) < 4.78 is 10.5. The van der Waals surface area contributed by atoms with Crippen molar-refractivity contribution in [1.82, 2.24) is 0 Å². The van der Waals surface area contributed by atoms with Gasteiger partial charge in [-0.25, -0.2) is 0 Å². The van der Waals surface area contributed by atoms with E-state index >= 15 is 0 Å². The predicted octanol–water partition coefficient (Wildman–Crippen LogP) is 0.857. The summed E-state index contributed by atoms with van der Waals surface area (Å²) in [6, 6.07) is 0. The predicted molar refractivity (Wildman–Crippen MR) is 37.5 cm³/mol. The molecule has 2 nitrogen and oxygen atoms in total. The molecule has 0 aromatic carbocycles. The van der Waals surface area contributed by atoms with Crippen LogP contribution in [-0.4, -0.2) is 19.4 Å². The van der Waals surface area contributed by atoms with Gasteiger partial charge in [0.2, 0.25) is 0 Å². The van der Waals surface area contributed by atoms with E-state index in [0.717, 1.165) is 6.42 Å². The lowest BCUT2D eigenvalue weighted by atomic mass is 9.97. The number of rotatable bonds is 0. The van der Waals surface area contributed by atoms with Crippen LogP contribution in [0.15, 0.2) is 0 Å². The first-order chi connectivity index (χ1) is 4.10. The average Bonchev–Trinajstić information content (AvgIpc) is 1.60. The van der Waals surface area contributed by atoms with Crippen LogP contribution in [0, 0.1) is 0 Å². The Morgan fingerprint density at radius 1 is 1.56 bits per heavy atom. The molecule has 0 aromatic heterocycles. The molecule has 1 atom stereocenters. The maximum absolute atomic E-state index is 5.31. The van der Waals surface area contributed by atoms with Gasteiger partial charge in [0.05, 0.1) is 5.60 Å². The highest BCUT2D eigenvalue weighted by Crippen LogP contribution is 2.21. The summed E-state index contributed by atoms with van der Waals surface area (Å²) in [6.45, 7) is 6.25. The molecule has 0 saturated carbocycles. The van der Waals surface area contributed by atoms with Crippen LogP contribution in [0.2, 0.25) is 0 Å². The third-order valence-corrected chi connectivity index (χ3v) is 1.58. The molecule has 0 amide bonds. The van der Waals surface area contributed by atoms with Crippen molar-refractivity contribution in [3.05, 3.63) is 0 Å². The highest BCUT2D eigenvalue weighted by Gasteiger charge is 2.27. The fraction of sp³-hybridized carbons (Fsp3) is 1.00. The first-order valence-electron chi connectivity index (χ1n) is 3.36. The fourth-order valence-electron chi connectivity index (χ4n) is 1.12. The van der Waals surface area contributed by atoms with E-state index < -0.39 is 0 Å². The molecule has 1 rings (SSSR count). The first kappa shape index (κ1) is 7.10. The van der Waals surface area contributed by atoms with Crippen molar-refractivity contribution in [2.24, 2.45) is 0 Å². The molecular weight excluding hydrogens is 115 g/mol. The highest BCUT2D eigenvalue weighted by atomic mass is 16.6. The second-order valence-corrected chi connectivity index (χ2v) is 3.20. The highest BCUT2D eigenvalue weighted by molar-refractivity contribution is 6.18. The van der Waals surface area contributed by atoms with Gasteiger partial charge in [0.25, 0.3) is 0 Å². The van der Waals surface area contributed by atoms with E-state index in [4.69, 9.17) is 9.31 Å². The van der Waals surface area contributed by atoms with Crippen LogP contribution in [0.25, 0.3) is 0 Å². The van der Waals surface area contributed by atoms with Crippen molar-refractivity contribution < 1.29 is 9.31 Å². The van der Waals surface area contributed by atoms with Gasteiger partial charge in [-0.2, -0.15) is 0 Å². The molecule has 0 spiro atoms. The average molecular weight is 128 g/mol. The van der Waals surface area contributed by atoms with Gasteiger partial charge in [-0.15, -0.1) is 0 Å². The van der Waals surface area contributed by atoms with E-state index in [-0.39, 0.29) is 5.60 Å². The molecule has 1 saturated heterocycles. The quantitative estimate of drug-likeness (QED) is 0.450. The van der Waals surface area contributed by atoms with E-state index in [1.54, 1.807) is 0 Å². The Balaban J connectivity index is 2.41. The molecule has 1 unspecified atom stereocenters. The Bertz CT molecular complexity index is 103. The fourth-order valence-corrected chi connectivity index (χ4v) is 1.12. The Hall–Kier alpha value is -0.0151. The van der Waals surface area contributed by atoms with Gasteiger partial charge in [-0.05, 0) is 27.2 Å². The molecule has 1 aliphatic heterocycles. The van der Waals surface area contributed by atoms with Crippen molar-refractivity contribution in [2.75, 3.05) is 0 Å². The molecule has 0 bridgehead atoms. The van der Waals surface area contributed by atoms with E-state index in [0.29, 0.717) is 13.8 Å². The monoisotopic (exact) mass is 128 g/mol. The van der Waals surface area contributed by atoms with Crippen molar-refractivity contribution in [3.8, 4) is 0 Å². The van der Waals surface area contributed by atoms with E-state index in [1.165, 1.54) is 0 Å².